The number of nitrogens with one attached hydrogen (secondary N) is 1. The van der Waals surface area contributed by atoms with Gasteiger partial charge in [0, 0.05) is 25.0 Å². The molecule has 1 heterocycles. The molecule has 0 saturated carbocycles. The van der Waals surface area contributed by atoms with E-state index < -0.39 is 0 Å². The number of anilines is 1. The highest BCUT2D eigenvalue weighted by atomic mass is 15.2. The summed E-state index contributed by atoms with van der Waals surface area (Å²) >= 11 is 0. The maximum absolute atomic E-state index is 5.54. The molecule has 0 fully saturated rings. The van der Waals surface area contributed by atoms with Crippen molar-refractivity contribution in [2.24, 2.45) is 5.73 Å². The molecule has 0 amide bonds. The highest BCUT2D eigenvalue weighted by Crippen LogP contribution is 2.15. The molecule has 0 aliphatic carbocycles. The van der Waals surface area contributed by atoms with E-state index in [-0.39, 0.29) is 0 Å². The standard InChI is InChI=1S/C11H15N3/c12-8-10-2-4-11(5-3-10)14-7-1-6-13-9-14/h1-5,7,13H,6,8-9,12H2. The predicted molar refractivity (Wildman–Crippen MR) is 58.8 cm³/mol. The van der Waals surface area contributed by atoms with Gasteiger partial charge in [0.05, 0.1) is 6.67 Å². The highest BCUT2D eigenvalue weighted by Gasteiger charge is 2.04. The summed E-state index contributed by atoms with van der Waals surface area (Å²) in [5.74, 6) is 0. The Morgan fingerprint density at radius 2 is 2.07 bits per heavy atom. The van der Waals surface area contributed by atoms with Gasteiger partial charge in [-0.2, -0.15) is 0 Å². The Hall–Kier alpha value is -1.32. The minimum atomic E-state index is 0.606. The van der Waals surface area contributed by atoms with E-state index in [9.17, 15) is 0 Å². The number of hydrogen-bond donors (Lipinski definition) is 2. The van der Waals surface area contributed by atoms with Gasteiger partial charge in [-0.1, -0.05) is 18.2 Å². The van der Waals surface area contributed by atoms with Gasteiger partial charge < -0.3 is 10.6 Å². The van der Waals surface area contributed by atoms with Crippen LogP contribution in [-0.2, 0) is 6.54 Å². The summed E-state index contributed by atoms with van der Waals surface area (Å²) in [6.07, 6.45) is 4.22. The molecule has 1 aliphatic heterocycles. The average molecular weight is 189 g/mol. The van der Waals surface area contributed by atoms with Crippen LogP contribution in [-0.4, -0.2) is 13.2 Å². The van der Waals surface area contributed by atoms with E-state index in [0.29, 0.717) is 6.54 Å². The van der Waals surface area contributed by atoms with E-state index in [1.54, 1.807) is 0 Å². The second-order valence-electron chi connectivity index (χ2n) is 3.34. The Morgan fingerprint density at radius 1 is 1.29 bits per heavy atom. The molecule has 0 atom stereocenters. The fourth-order valence-electron chi connectivity index (χ4n) is 1.50. The van der Waals surface area contributed by atoms with Crippen LogP contribution in [0, 0.1) is 0 Å². The van der Waals surface area contributed by atoms with E-state index >= 15 is 0 Å². The molecule has 1 aliphatic rings. The van der Waals surface area contributed by atoms with Gasteiger partial charge in [-0.15, -0.1) is 0 Å². The van der Waals surface area contributed by atoms with Gasteiger partial charge >= 0.3 is 0 Å². The maximum atomic E-state index is 5.54. The lowest BCUT2D eigenvalue weighted by atomic mass is 10.2. The normalized spacial score (nSPS) is 15.9. The van der Waals surface area contributed by atoms with Gasteiger partial charge in [-0.25, -0.2) is 0 Å². The molecule has 0 radical (unpaired) electrons. The van der Waals surface area contributed by atoms with Crippen LogP contribution in [0.5, 0.6) is 0 Å². The van der Waals surface area contributed by atoms with Crippen LogP contribution < -0.4 is 16.0 Å². The number of benzene rings is 1. The van der Waals surface area contributed by atoms with Gasteiger partial charge in [0.15, 0.2) is 0 Å². The van der Waals surface area contributed by atoms with Crippen LogP contribution in [0.15, 0.2) is 36.5 Å². The lowest BCUT2D eigenvalue weighted by Crippen LogP contribution is -2.34. The molecule has 3 nitrogen and oxygen atoms in total. The van der Waals surface area contributed by atoms with Crippen LogP contribution in [0.2, 0.25) is 0 Å². The average Bonchev–Trinajstić information content (AvgIpc) is 2.30. The summed E-state index contributed by atoms with van der Waals surface area (Å²) < 4.78 is 0. The molecule has 0 spiro atoms. The summed E-state index contributed by atoms with van der Waals surface area (Å²) in [4.78, 5) is 2.17. The third-order valence-electron chi connectivity index (χ3n) is 2.33. The van der Waals surface area contributed by atoms with Crippen molar-refractivity contribution in [1.29, 1.82) is 0 Å². The molecule has 1 aromatic carbocycles. The predicted octanol–water partition coefficient (Wildman–Crippen LogP) is 1.03. The molecule has 0 unspecified atom stereocenters. The molecular weight excluding hydrogens is 174 g/mol. The summed E-state index contributed by atoms with van der Waals surface area (Å²) in [5.41, 5.74) is 7.91. The third kappa shape index (κ3) is 1.95. The molecule has 0 bridgehead atoms. The van der Waals surface area contributed by atoms with Crippen LogP contribution >= 0.6 is 0 Å². The van der Waals surface area contributed by atoms with Crippen molar-refractivity contribution in [2.45, 2.75) is 6.54 Å². The monoisotopic (exact) mass is 189 g/mol. The van der Waals surface area contributed by atoms with E-state index in [4.69, 9.17) is 5.73 Å². The molecule has 3 N–H and O–H groups in total. The van der Waals surface area contributed by atoms with Crippen molar-refractivity contribution in [3.8, 4) is 0 Å². The Balaban J connectivity index is 2.15. The molecule has 2 rings (SSSR count). The maximum Gasteiger partial charge on any atom is 0.0728 e. The first-order valence-electron chi connectivity index (χ1n) is 4.83. The van der Waals surface area contributed by atoms with Gasteiger partial charge in [0.25, 0.3) is 0 Å². The van der Waals surface area contributed by atoms with E-state index in [1.165, 1.54) is 11.3 Å². The lowest BCUT2D eigenvalue weighted by Gasteiger charge is -2.24. The number of nitrogens with zero attached hydrogens (tertiary/aromatic N) is 1. The van der Waals surface area contributed by atoms with Crippen molar-refractivity contribution < 1.29 is 0 Å². The first-order valence-corrected chi connectivity index (χ1v) is 4.83. The van der Waals surface area contributed by atoms with E-state index in [1.807, 2.05) is 0 Å². The number of nitrogens with two attached hydrogens (primary N) is 1. The SMILES string of the molecule is NCc1ccc(N2C=CCNC2)cc1. The highest BCUT2D eigenvalue weighted by molar-refractivity contribution is 5.50. The smallest absolute Gasteiger partial charge is 0.0728 e. The third-order valence-corrected chi connectivity index (χ3v) is 2.33. The van der Waals surface area contributed by atoms with Crippen molar-refractivity contribution in [3.63, 3.8) is 0 Å². The first-order chi connectivity index (χ1) is 6.90. The number of rotatable bonds is 2. The molecule has 14 heavy (non-hydrogen) atoms. The van der Waals surface area contributed by atoms with Crippen molar-refractivity contribution >= 4 is 5.69 Å². The summed E-state index contributed by atoms with van der Waals surface area (Å²) in [6.45, 7) is 2.43. The Bertz CT molecular complexity index is 316. The Labute approximate surface area is 84.2 Å². The van der Waals surface area contributed by atoms with E-state index in [0.717, 1.165) is 13.2 Å². The molecule has 0 aromatic heterocycles. The molecular formula is C11H15N3. The zero-order valence-corrected chi connectivity index (χ0v) is 8.11. The zero-order valence-electron chi connectivity index (χ0n) is 8.11. The van der Waals surface area contributed by atoms with Crippen LogP contribution in [0.3, 0.4) is 0 Å². The van der Waals surface area contributed by atoms with Crippen molar-refractivity contribution in [3.05, 3.63) is 42.1 Å². The molecule has 0 saturated heterocycles. The summed E-state index contributed by atoms with van der Waals surface area (Å²) in [7, 11) is 0. The zero-order chi connectivity index (χ0) is 9.80. The lowest BCUT2D eigenvalue weighted by molar-refractivity contribution is 0.721. The molecule has 3 heteroatoms. The van der Waals surface area contributed by atoms with Gasteiger partial charge in [0.1, 0.15) is 0 Å². The molecule has 1 aromatic rings. The van der Waals surface area contributed by atoms with Gasteiger partial charge in [-0.05, 0) is 17.7 Å². The number of hydrogen-bond acceptors (Lipinski definition) is 3. The van der Waals surface area contributed by atoms with Gasteiger partial charge in [0.2, 0.25) is 0 Å². The largest absolute Gasteiger partial charge is 0.335 e. The Kier molecular flexibility index (Phi) is 2.81. The van der Waals surface area contributed by atoms with Crippen LogP contribution in [0.4, 0.5) is 5.69 Å². The summed E-state index contributed by atoms with van der Waals surface area (Å²) in [5, 5.41) is 3.28. The topological polar surface area (TPSA) is 41.3 Å². The minimum Gasteiger partial charge on any atom is -0.335 e. The minimum absolute atomic E-state index is 0.606. The molecule has 74 valence electrons. The fourth-order valence-corrected chi connectivity index (χ4v) is 1.50. The summed E-state index contributed by atoms with van der Waals surface area (Å²) in [6, 6.07) is 8.33. The quantitative estimate of drug-likeness (QED) is 0.730. The van der Waals surface area contributed by atoms with Crippen LogP contribution in [0.1, 0.15) is 5.56 Å². The second-order valence-corrected chi connectivity index (χ2v) is 3.34. The van der Waals surface area contributed by atoms with E-state index in [2.05, 4.69) is 46.8 Å². The Morgan fingerprint density at radius 3 is 2.64 bits per heavy atom. The van der Waals surface area contributed by atoms with Crippen molar-refractivity contribution in [1.82, 2.24) is 5.32 Å². The van der Waals surface area contributed by atoms with Gasteiger partial charge in [-0.3, -0.25) is 5.32 Å². The second kappa shape index (κ2) is 4.26. The van der Waals surface area contributed by atoms with Crippen LogP contribution in [0.25, 0.3) is 0 Å². The fraction of sp³-hybridized carbons (Fsp3) is 0.273. The van der Waals surface area contributed by atoms with Crippen molar-refractivity contribution in [2.75, 3.05) is 18.1 Å². The first kappa shape index (κ1) is 9.24.